The zero-order chi connectivity index (χ0) is 29.6. The van der Waals surface area contributed by atoms with E-state index in [1.807, 2.05) is 0 Å². The van der Waals surface area contributed by atoms with Crippen LogP contribution >= 0.6 is 0 Å². The maximum Gasteiger partial charge on any atom is 0.294 e. The summed E-state index contributed by atoms with van der Waals surface area (Å²) >= 11 is 0. The Kier molecular flexibility index (Phi) is 20.0. The predicted molar refractivity (Wildman–Crippen MR) is 173 cm³/mol. The highest BCUT2D eigenvalue weighted by Crippen LogP contribution is 2.23. The first-order valence-electron chi connectivity index (χ1n) is 15.9. The van der Waals surface area contributed by atoms with Gasteiger partial charge in [0.05, 0.1) is 4.90 Å². The van der Waals surface area contributed by atoms with Crippen molar-refractivity contribution in [2.24, 2.45) is 5.92 Å². The fourth-order valence-corrected chi connectivity index (χ4v) is 6.05. The van der Waals surface area contributed by atoms with E-state index in [9.17, 15) is 8.42 Å². The van der Waals surface area contributed by atoms with Crippen LogP contribution in [0.4, 0.5) is 0 Å². The van der Waals surface area contributed by atoms with Gasteiger partial charge in [-0.05, 0) is 76.0 Å². The van der Waals surface area contributed by atoms with Gasteiger partial charge in [-0.3, -0.25) is 4.55 Å². The highest BCUT2D eigenvalue weighted by Gasteiger charge is 2.12. The SMILES string of the molecule is CCCCCCCCCCC(CCCCCCCN(C)C)Cc1ccccc1.Cc1ccc(C)c(S(=O)(=O)O)c1. The highest BCUT2D eigenvalue weighted by atomic mass is 32.2. The molecule has 0 radical (unpaired) electrons. The number of hydrogen-bond acceptors (Lipinski definition) is 3. The van der Waals surface area contributed by atoms with E-state index in [0.29, 0.717) is 5.56 Å². The van der Waals surface area contributed by atoms with Gasteiger partial charge in [-0.1, -0.05) is 139 Å². The molecule has 0 heterocycles. The first-order chi connectivity index (χ1) is 19.1. The number of rotatable bonds is 20. The Morgan fingerprint density at radius 3 is 1.75 bits per heavy atom. The number of unbranched alkanes of at least 4 members (excludes halogenated alkanes) is 11. The lowest BCUT2D eigenvalue weighted by molar-refractivity contribution is 0.380. The summed E-state index contributed by atoms with van der Waals surface area (Å²) in [4.78, 5) is 2.29. The van der Waals surface area contributed by atoms with Crippen LogP contribution in [0.2, 0.25) is 0 Å². The third-order valence-corrected chi connectivity index (χ3v) is 8.67. The second-order valence-corrected chi connectivity index (χ2v) is 13.3. The van der Waals surface area contributed by atoms with Crippen molar-refractivity contribution in [3.8, 4) is 0 Å². The van der Waals surface area contributed by atoms with Gasteiger partial charge in [0.1, 0.15) is 0 Å². The van der Waals surface area contributed by atoms with E-state index < -0.39 is 10.1 Å². The molecule has 0 fully saturated rings. The second-order valence-electron chi connectivity index (χ2n) is 11.9. The quantitative estimate of drug-likeness (QED) is 0.126. The van der Waals surface area contributed by atoms with Gasteiger partial charge in [-0.25, -0.2) is 0 Å². The van der Waals surface area contributed by atoms with Crippen molar-refractivity contribution in [3.05, 3.63) is 65.2 Å². The highest BCUT2D eigenvalue weighted by molar-refractivity contribution is 7.85. The maximum atomic E-state index is 10.8. The molecule has 1 unspecified atom stereocenters. The monoisotopic (exact) mass is 573 g/mol. The van der Waals surface area contributed by atoms with Crippen molar-refractivity contribution in [2.45, 2.75) is 128 Å². The standard InChI is InChI=1S/C27H49N.C8H10O3S/c1-4-5-6-7-8-9-11-15-20-26(25-27-22-17-14-18-23-27)21-16-12-10-13-19-24-28(2)3;1-6-3-4-7(2)8(5-6)12(9,10)11/h14,17-18,22-23,26H,4-13,15-16,19-21,24-25H2,1-3H3;3-5H,1-2H3,(H,9,10,11). The zero-order valence-electron chi connectivity index (χ0n) is 26.3. The number of aryl methyl sites for hydroxylation is 2. The van der Waals surface area contributed by atoms with Gasteiger partial charge < -0.3 is 4.90 Å². The summed E-state index contributed by atoms with van der Waals surface area (Å²) in [6.45, 7) is 6.96. The lowest BCUT2D eigenvalue weighted by Gasteiger charge is -2.17. The Hall–Kier alpha value is -1.69. The van der Waals surface area contributed by atoms with Gasteiger partial charge in [0, 0.05) is 0 Å². The van der Waals surface area contributed by atoms with Crippen molar-refractivity contribution >= 4 is 10.1 Å². The van der Waals surface area contributed by atoms with E-state index in [-0.39, 0.29) is 4.90 Å². The molecule has 0 aliphatic rings. The summed E-state index contributed by atoms with van der Waals surface area (Å²) in [7, 11) is 0.304. The summed E-state index contributed by atoms with van der Waals surface area (Å²) in [5, 5.41) is 0. The second kappa shape index (κ2) is 22.0. The largest absolute Gasteiger partial charge is 0.309 e. The lowest BCUT2D eigenvalue weighted by atomic mass is 9.89. The van der Waals surface area contributed by atoms with E-state index in [4.69, 9.17) is 4.55 Å². The molecule has 2 aromatic rings. The summed E-state index contributed by atoms with van der Waals surface area (Å²) in [5.41, 5.74) is 2.91. The Bertz CT molecular complexity index is 989. The van der Waals surface area contributed by atoms with Crippen LogP contribution in [0.25, 0.3) is 0 Å². The van der Waals surface area contributed by atoms with Crippen molar-refractivity contribution in [3.63, 3.8) is 0 Å². The van der Waals surface area contributed by atoms with Crippen LogP contribution in [0.1, 0.15) is 120 Å². The average molecular weight is 574 g/mol. The lowest BCUT2D eigenvalue weighted by Crippen LogP contribution is -2.12. The van der Waals surface area contributed by atoms with Crippen LogP contribution in [-0.2, 0) is 16.5 Å². The minimum absolute atomic E-state index is 0.0116. The fourth-order valence-electron chi connectivity index (χ4n) is 5.24. The molecule has 1 atom stereocenters. The molecule has 0 bridgehead atoms. The number of benzene rings is 2. The predicted octanol–water partition coefficient (Wildman–Crippen LogP) is 9.83. The molecular formula is C35H59NO3S. The summed E-state index contributed by atoms with van der Waals surface area (Å²) < 4.78 is 30.3. The molecule has 40 heavy (non-hydrogen) atoms. The molecule has 0 saturated heterocycles. The molecule has 1 N–H and O–H groups in total. The van der Waals surface area contributed by atoms with Gasteiger partial charge >= 0.3 is 0 Å². The van der Waals surface area contributed by atoms with E-state index in [0.717, 1.165) is 11.5 Å². The molecule has 0 aliphatic heterocycles. The molecule has 0 spiro atoms. The smallest absolute Gasteiger partial charge is 0.294 e. The van der Waals surface area contributed by atoms with Crippen LogP contribution in [0.5, 0.6) is 0 Å². The van der Waals surface area contributed by atoms with Crippen LogP contribution in [0, 0.1) is 19.8 Å². The van der Waals surface area contributed by atoms with Crippen LogP contribution in [-0.4, -0.2) is 38.5 Å². The van der Waals surface area contributed by atoms with E-state index in [1.54, 1.807) is 26.0 Å². The molecule has 0 aliphatic carbocycles. The van der Waals surface area contributed by atoms with E-state index in [1.165, 1.54) is 121 Å². The molecule has 2 rings (SSSR count). The van der Waals surface area contributed by atoms with Crippen molar-refractivity contribution < 1.29 is 13.0 Å². The molecule has 5 heteroatoms. The minimum atomic E-state index is -4.06. The number of nitrogens with zero attached hydrogens (tertiary/aromatic N) is 1. The zero-order valence-corrected chi connectivity index (χ0v) is 27.2. The van der Waals surface area contributed by atoms with Gasteiger partial charge in [-0.2, -0.15) is 8.42 Å². The van der Waals surface area contributed by atoms with Crippen molar-refractivity contribution in [1.82, 2.24) is 4.90 Å². The van der Waals surface area contributed by atoms with E-state index in [2.05, 4.69) is 56.3 Å². The van der Waals surface area contributed by atoms with Crippen LogP contribution in [0.15, 0.2) is 53.4 Å². The maximum absolute atomic E-state index is 10.8. The van der Waals surface area contributed by atoms with E-state index >= 15 is 0 Å². The summed E-state index contributed by atoms with van der Waals surface area (Å²) in [6.07, 6.45) is 22.7. The van der Waals surface area contributed by atoms with Gasteiger partial charge in [-0.15, -0.1) is 0 Å². The Balaban J connectivity index is 0.000000552. The van der Waals surface area contributed by atoms with Gasteiger partial charge in [0.15, 0.2) is 0 Å². The average Bonchev–Trinajstić information content (AvgIpc) is 2.91. The molecule has 228 valence electrons. The Morgan fingerprint density at radius 1 is 0.725 bits per heavy atom. The van der Waals surface area contributed by atoms with Crippen LogP contribution in [0.3, 0.4) is 0 Å². The third kappa shape index (κ3) is 18.6. The van der Waals surface area contributed by atoms with Crippen molar-refractivity contribution in [1.29, 1.82) is 0 Å². The first-order valence-corrected chi connectivity index (χ1v) is 17.3. The van der Waals surface area contributed by atoms with Gasteiger partial charge in [0.25, 0.3) is 10.1 Å². The topological polar surface area (TPSA) is 57.6 Å². The van der Waals surface area contributed by atoms with Gasteiger partial charge in [0.2, 0.25) is 0 Å². The molecule has 4 nitrogen and oxygen atoms in total. The molecular weight excluding hydrogens is 514 g/mol. The molecule has 2 aromatic carbocycles. The normalized spacial score (nSPS) is 12.3. The number of hydrogen-bond donors (Lipinski definition) is 1. The van der Waals surface area contributed by atoms with Crippen LogP contribution < -0.4 is 0 Å². The minimum Gasteiger partial charge on any atom is -0.309 e. The third-order valence-electron chi connectivity index (χ3n) is 7.67. The molecule has 0 saturated carbocycles. The Labute approximate surface area is 247 Å². The Morgan fingerprint density at radius 2 is 1.25 bits per heavy atom. The van der Waals surface area contributed by atoms with Crippen molar-refractivity contribution in [2.75, 3.05) is 20.6 Å². The first kappa shape index (κ1) is 36.3. The fraction of sp³-hybridized carbons (Fsp3) is 0.657. The molecule has 0 aromatic heterocycles. The summed E-state index contributed by atoms with van der Waals surface area (Å²) in [6, 6.07) is 16.1. The molecule has 0 amide bonds. The summed E-state index contributed by atoms with van der Waals surface area (Å²) in [5.74, 6) is 0.893.